The van der Waals surface area contributed by atoms with Crippen molar-refractivity contribution in [2.24, 2.45) is 20.5 Å². The van der Waals surface area contributed by atoms with Gasteiger partial charge in [-0.2, -0.15) is 50.0 Å². The van der Waals surface area contributed by atoms with Gasteiger partial charge in [-0.1, -0.05) is 41.5 Å². The maximum Gasteiger partial charge on any atom is 0.320 e. The summed E-state index contributed by atoms with van der Waals surface area (Å²) >= 11 is 0. The molecule has 7 aromatic rings. The van der Waals surface area contributed by atoms with E-state index in [-0.39, 0.29) is 34.8 Å². The summed E-state index contributed by atoms with van der Waals surface area (Å²) in [7, 11) is 0. The van der Waals surface area contributed by atoms with Gasteiger partial charge < -0.3 is 15.1 Å². The van der Waals surface area contributed by atoms with Crippen molar-refractivity contribution in [3.05, 3.63) is 51.4 Å². The smallest absolute Gasteiger partial charge is 0.320 e. The molecule has 0 fully saturated rings. The number of aromatic nitrogens is 15. The molecule has 0 aliphatic heterocycles. The van der Waals surface area contributed by atoms with E-state index in [0.29, 0.717) is 57.1 Å². The summed E-state index contributed by atoms with van der Waals surface area (Å²) in [6.07, 6.45) is 0. The van der Waals surface area contributed by atoms with Crippen LogP contribution < -0.4 is 0 Å². The lowest BCUT2D eigenvalue weighted by molar-refractivity contribution is 0.423. The Morgan fingerprint density at radius 2 is 1.15 bits per heavy atom. The molecular weight excluding hydrogens is 682 g/mol. The van der Waals surface area contributed by atoms with Gasteiger partial charge in [-0.25, -0.2) is 4.85 Å². The van der Waals surface area contributed by atoms with Gasteiger partial charge in [-0.3, -0.25) is 0 Å². The van der Waals surface area contributed by atoms with Crippen LogP contribution in [0, 0.1) is 45.6 Å². The van der Waals surface area contributed by atoms with Crippen molar-refractivity contribution in [1.29, 1.82) is 5.26 Å². The molecule has 3 N–H and O–H groups in total. The molecule has 0 saturated carbocycles. The molecule has 268 valence electrons. The normalized spacial score (nSPS) is 12.6. The average molecular weight is 716 g/mol. The molecule has 0 bridgehead atoms. The van der Waals surface area contributed by atoms with Gasteiger partial charge in [0, 0.05) is 10.8 Å². The SMILES string of the molecule is [C-]#[N+]c1c(C)nn(-c2nc(O)nc(-n3nc(C)c(C#N)c3N=Nc3c(C(C)(C)C)nn4nc(C)[nH]c34)n2)c1N=Nc1c(C(C)(C)C)nn2nc(C)[nH]c12. The first-order valence-corrected chi connectivity index (χ1v) is 16.2. The van der Waals surface area contributed by atoms with Crippen molar-refractivity contribution in [3.63, 3.8) is 0 Å². The fraction of sp³-hybridized carbons (Fsp3) is 0.387. The summed E-state index contributed by atoms with van der Waals surface area (Å²) in [6.45, 7) is 26.6. The third-order valence-corrected chi connectivity index (χ3v) is 7.93. The lowest BCUT2D eigenvalue weighted by Crippen LogP contribution is -2.12. The number of aryl methyl sites for hydroxylation is 4. The van der Waals surface area contributed by atoms with Crippen LogP contribution in [0.2, 0.25) is 0 Å². The van der Waals surface area contributed by atoms with Gasteiger partial charge in [0.15, 0.2) is 34.3 Å². The van der Waals surface area contributed by atoms with E-state index in [2.05, 4.69) is 86.9 Å². The average Bonchev–Trinajstić information content (AvgIpc) is 3.89. The first kappa shape index (κ1) is 34.2. The molecule has 53 heavy (non-hydrogen) atoms. The number of aromatic hydroxyl groups is 1. The molecule has 0 aliphatic carbocycles. The molecule has 0 saturated heterocycles. The molecule has 22 nitrogen and oxygen atoms in total. The summed E-state index contributed by atoms with van der Waals surface area (Å²) < 4.78 is 5.22. The number of hydrogen-bond donors (Lipinski definition) is 3. The maximum atomic E-state index is 10.8. The van der Waals surface area contributed by atoms with Gasteiger partial charge >= 0.3 is 6.01 Å². The van der Waals surface area contributed by atoms with Gasteiger partial charge in [0.25, 0.3) is 17.6 Å². The molecule has 0 atom stereocenters. The quantitative estimate of drug-likeness (QED) is 0.137. The number of nitrogens with one attached hydrogen (secondary N) is 2. The van der Waals surface area contributed by atoms with Gasteiger partial charge in [-0.05, 0) is 27.7 Å². The molecule has 0 aliphatic rings. The number of hydrogen-bond acceptors (Lipinski definition) is 15. The van der Waals surface area contributed by atoms with Crippen LogP contribution >= 0.6 is 0 Å². The van der Waals surface area contributed by atoms with Crippen LogP contribution in [-0.4, -0.2) is 79.2 Å². The summed E-state index contributed by atoms with van der Waals surface area (Å²) in [5.74, 6) is 0.760. The lowest BCUT2D eigenvalue weighted by Gasteiger charge is -2.15. The Labute approximate surface area is 300 Å². The third kappa shape index (κ3) is 5.81. The molecule has 0 spiro atoms. The number of H-pyrrole nitrogens is 2. The summed E-state index contributed by atoms with van der Waals surface area (Å²) in [4.78, 5) is 22.6. The Morgan fingerprint density at radius 3 is 1.62 bits per heavy atom. The zero-order valence-electron chi connectivity index (χ0n) is 30.4. The van der Waals surface area contributed by atoms with E-state index in [1.807, 2.05) is 41.5 Å². The molecule has 7 heterocycles. The highest BCUT2D eigenvalue weighted by Crippen LogP contribution is 2.39. The van der Waals surface area contributed by atoms with Gasteiger partial charge in [0.05, 0.1) is 29.3 Å². The van der Waals surface area contributed by atoms with Gasteiger partial charge in [0.2, 0.25) is 0 Å². The molecule has 0 aromatic carbocycles. The second kappa shape index (κ2) is 11.9. The van der Waals surface area contributed by atoms with E-state index >= 15 is 0 Å². The van der Waals surface area contributed by atoms with Crippen molar-refractivity contribution < 1.29 is 5.11 Å². The maximum absolute atomic E-state index is 10.8. The number of azo groups is 2. The predicted molar refractivity (Wildman–Crippen MR) is 186 cm³/mol. The minimum Gasteiger partial charge on any atom is -0.479 e. The van der Waals surface area contributed by atoms with Crippen LogP contribution in [-0.2, 0) is 10.8 Å². The minimum absolute atomic E-state index is 0.0199. The third-order valence-electron chi connectivity index (χ3n) is 7.93. The number of nitriles is 1. The molecule has 0 amide bonds. The fourth-order valence-electron chi connectivity index (χ4n) is 5.51. The van der Waals surface area contributed by atoms with Crippen LogP contribution in [0.3, 0.4) is 0 Å². The van der Waals surface area contributed by atoms with Gasteiger partial charge in [-0.15, -0.1) is 39.9 Å². The van der Waals surface area contributed by atoms with E-state index in [0.717, 1.165) is 9.36 Å². The zero-order valence-corrected chi connectivity index (χ0v) is 30.4. The lowest BCUT2D eigenvalue weighted by atomic mass is 9.91. The van der Waals surface area contributed by atoms with Gasteiger partial charge in [0.1, 0.15) is 23.3 Å². The highest BCUT2D eigenvalue weighted by Gasteiger charge is 2.29. The van der Waals surface area contributed by atoms with Crippen LogP contribution in [0.5, 0.6) is 6.01 Å². The van der Waals surface area contributed by atoms with Crippen molar-refractivity contribution in [1.82, 2.24) is 74.1 Å². The first-order chi connectivity index (χ1) is 25.0. The van der Waals surface area contributed by atoms with E-state index in [1.165, 1.54) is 9.26 Å². The first-order valence-electron chi connectivity index (χ1n) is 16.2. The van der Waals surface area contributed by atoms with Crippen molar-refractivity contribution in [3.8, 4) is 24.0 Å². The second-order valence-corrected chi connectivity index (χ2v) is 14.2. The summed E-state index contributed by atoms with van der Waals surface area (Å²) in [5.41, 5.74) is 2.99. The summed E-state index contributed by atoms with van der Waals surface area (Å²) in [5, 5.41) is 65.7. The molecule has 22 heteroatoms. The van der Waals surface area contributed by atoms with E-state index in [4.69, 9.17) is 6.57 Å². The molecular formula is C31H33N21O. The molecule has 0 unspecified atom stereocenters. The van der Waals surface area contributed by atoms with Crippen LogP contribution in [0.15, 0.2) is 20.5 Å². The molecule has 0 radical (unpaired) electrons. The van der Waals surface area contributed by atoms with E-state index < -0.39 is 16.8 Å². The standard InChI is InChI=1S/C31H33N21O/c1-13-17(12-32)23(41-39-19-21(30(5,6)7)47-51-24(19)34-15(3)45-51)49(43-13)27-36-28(38-29(53)37-27)50-26(18(33-11)14(2)44-50)42-40-20-22(31(8,9)10)48-52-25(20)35-16(4)46-52/h1-10H3,(H,34,45)(H,35,46)(H,36,37,38,53). The predicted octanol–water partition coefficient (Wildman–Crippen LogP) is 5.77. The monoisotopic (exact) mass is 715 g/mol. The summed E-state index contributed by atoms with van der Waals surface area (Å²) in [6, 6.07) is 1.41. The topological polar surface area (TPSA) is 264 Å². The zero-order chi connectivity index (χ0) is 38.1. The number of rotatable bonds is 6. The fourth-order valence-corrected chi connectivity index (χ4v) is 5.51. The van der Waals surface area contributed by atoms with Crippen molar-refractivity contribution in [2.75, 3.05) is 0 Å². The number of fused-ring (bicyclic) bond motifs is 2. The minimum atomic E-state index is -0.706. The highest BCUT2D eigenvalue weighted by atomic mass is 16.3. The Bertz CT molecular complexity index is 2550. The van der Waals surface area contributed by atoms with Crippen molar-refractivity contribution >= 4 is 40.0 Å². The van der Waals surface area contributed by atoms with Crippen LogP contribution in [0.4, 0.5) is 28.7 Å². The Hall–Kier alpha value is -7.23. The van der Waals surface area contributed by atoms with E-state index in [1.54, 1.807) is 27.7 Å². The second-order valence-electron chi connectivity index (χ2n) is 14.2. The number of aromatic amines is 2. The Morgan fingerprint density at radius 1 is 0.679 bits per heavy atom. The van der Waals surface area contributed by atoms with E-state index in [9.17, 15) is 10.4 Å². The Kier molecular flexibility index (Phi) is 7.71. The van der Waals surface area contributed by atoms with Crippen LogP contribution in [0.1, 0.15) is 81.5 Å². The Balaban J connectivity index is 1.36. The molecule has 7 rings (SSSR count). The molecule has 7 aromatic heterocycles. The number of nitrogens with zero attached hydrogens (tertiary/aromatic N) is 19. The highest BCUT2D eigenvalue weighted by molar-refractivity contribution is 5.71. The van der Waals surface area contributed by atoms with Crippen molar-refractivity contribution in [2.45, 2.75) is 80.1 Å². The largest absolute Gasteiger partial charge is 0.479 e. The van der Waals surface area contributed by atoms with Crippen LogP contribution in [0.25, 0.3) is 28.0 Å².